The van der Waals surface area contributed by atoms with E-state index in [0.717, 1.165) is 50.3 Å². The van der Waals surface area contributed by atoms with Gasteiger partial charge >= 0.3 is 0 Å². The summed E-state index contributed by atoms with van der Waals surface area (Å²) in [6, 6.07) is 113. The van der Waals surface area contributed by atoms with Crippen LogP contribution >= 0.6 is 0 Å². The van der Waals surface area contributed by atoms with Crippen LogP contribution in [0.3, 0.4) is 0 Å². The Morgan fingerprint density at radius 2 is 0.783 bits per heavy atom. The molecule has 0 bridgehead atoms. The van der Waals surface area contributed by atoms with Gasteiger partial charge in [-0.15, -0.1) is 0 Å². The number of benzene rings is 13. The van der Waals surface area contributed by atoms with Gasteiger partial charge in [-0.1, -0.05) is 231 Å². The van der Waals surface area contributed by atoms with Crippen molar-refractivity contribution in [3.63, 3.8) is 0 Å². The fraction of sp³-hybridized carbons (Fsp3) is 0.0250. The summed E-state index contributed by atoms with van der Waals surface area (Å²) in [5.74, 6) is 0. The lowest BCUT2D eigenvalue weighted by Crippen LogP contribution is -2.36. The van der Waals surface area contributed by atoms with Crippen molar-refractivity contribution in [1.29, 1.82) is 0 Å². The molecule has 83 heavy (non-hydrogen) atoms. The first kappa shape index (κ1) is 46.1. The van der Waals surface area contributed by atoms with E-state index >= 15 is 0 Å². The summed E-state index contributed by atoms with van der Waals surface area (Å²) in [6.45, 7) is 0. The molecule has 3 heteroatoms. The number of para-hydroxylation sites is 3. The third kappa shape index (κ3) is 6.23. The second-order valence-corrected chi connectivity index (χ2v) is 22.6. The van der Waals surface area contributed by atoms with Gasteiger partial charge in [0.2, 0.25) is 0 Å². The lowest BCUT2D eigenvalue weighted by atomic mass is 9.64. The summed E-state index contributed by atoms with van der Waals surface area (Å²) in [7, 11) is 0. The SMILES string of the molecule is c1ccc(-c2ccc3c4c2N(c2ccccc2)c2ccccc2C4(c2ccccc2)c2cc(-c4ccc(N(c5ccc6c(c5)C5(c7ccccc7-c7ccccc75)c5ccccc5-6)c5ccc6oc7ccccc7c6c5)cc4)ccc2-3)cc1. The van der Waals surface area contributed by atoms with Crippen molar-refractivity contribution in [3.8, 4) is 55.6 Å². The number of rotatable bonds is 7. The Bertz CT molecular complexity index is 4920. The number of hydrogen-bond acceptors (Lipinski definition) is 3. The number of furan rings is 1. The van der Waals surface area contributed by atoms with E-state index in [1.54, 1.807) is 0 Å². The Labute approximate surface area is 481 Å². The Hall–Kier alpha value is -10.7. The maximum absolute atomic E-state index is 6.45. The summed E-state index contributed by atoms with van der Waals surface area (Å²) in [5, 5.41) is 2.19. The van der Waals surface area contributed by atoms with Gasteiger partial charge in [-0.2, -0.15) is 0 Å². The van der Waals surface area contributed by atoms with Crippen LogP contribution in [0.2, 0.25) is 0 Å². The minimum absolute atomic E-state index is 0.484. The summed E-state index contributed by atoms with van der Waals surface area (Å²) < 4.78 is 6.45. The van der Waals surface area contributed by atoms with Gasteiger partial charge < -0.3 is 14.2 Å². The maximum Gasteiger partial charge on any atom is 0.135 e. The molecule has 0 fully saturated rings. The average Bonchev–Trinajstić information content (AvgIpc) is 2.73. The molecule has 1 atom stereocenters. The van der Waals surface area contributed by atoms with E-state index in [1.165, 1.54) is 106 Å². The van der Waals surface area contributed by atoms with Gasteiger partial charge in [0.25, 0.3) is 0 Å². The Morgan fingerprint density at radius 1 is 0.289 bits per heavy atom. The van der Waals surface area contributed by atoms with Crippen molar-refractivity contribution in [2.24, 2.45) is 0 Å². The number of nitrogens with zero attached hydrogens (tertiary/aromatic N) is 2. The van der Waals surface area contributed by atoms with E-state index in [4.69, 9.17) is 4.42 Å². The van der Waals surface area contributed by atoms with Crippen molar-refractivity contribution >= 4 is 56.1 Å². The topological polar surface area (TPSA) is 19.6 Å². The maximum atomic E-state index is 6.45. The van der Waals surface area contributed by atoms with Crippen molar-refractivity contribution in [2.75, 3.05) is 9.80 Å². The lowest BCUT2D eigenvalue weighted by molar-refractivity contribution is 0.669. The zero-order valence-corrected chi connectivity index (χ0v) is 45.2. The molecule has 18 rings (SSSR count). The monoisotopic (exact) mass is 1050 g/mol. The second kappa shape index (κ2) is 17.4. The quantitative estimate of drug-likeness (QED) is 0.159. The molecule has 3 aliphatic carbocycles. The highest BCUT2D eigenvalue weighted by molar-refractivity contribution is 6.08. The van der Waals surface area contributed by atoms with Crippen molar-refractivity contribution < 1.29 is 4.42 Å². The highest BCUT2D eigenvalue weighted by Gasteiger charge is 2.54. The highest BCUT2D eigenvalue weighted by Crippen LogP contribution is 2.67. The van der Waals surface area contributed by atoms with Crippen LogP contribution in [0.1, 0.15) is 44.5 Å². The van der Waals surface area contributed by atoms with E-state index < -0.39 is 10.8 Å². The lowest BCUT2D eigenvalue weighted by Gasteiger charge is -2.45. The zero-order chi connectivity index (χ0) is 54.4. The van der Waals surface area contributed by atoms with Crippen molar-refractivity contribution in [1.82, 2.24) is 0 Å². The molecule has 0 radical (unpaired) electrons. The Kier molecular flexibility index (Phi) is 9.64. The highest BCUT2D eigenvalue weighted by atomic mass is 16.3. The molecule has 1 spiro atoms. The summed E-state index contributed by atoms with van der Waals surface area (Å²) in [6.07, 6.45) is 0. The normalized spacial score (nSPS) is 15.1. The zero-order valence-electron chi connectivity index (χ0n) is 45.2. The molecule has 1 aromatic heterocycles. The largest absolute Gasteiger partial charge is 0.456 e. The number of hydrogen-bond donors (Lipinski definition) is 0. The molecule has 386 valence electrons. The van der Waals surface area contributed by atoms with Gasteiger partial charge in [-0.3, -0.25) is 0 Å². The minimum Gasteiger partial charge on any atom is -0.456 e. The Balaban J connectivity index is 0.829. The summed E-state index contributed by atoms with van der Waals surface area (Å²) in [4.78, 5) is 4.97. The Morgan fingerprint density at radius 3 is 1.51 bits per heavy atom. The van der Waals surface area contributed by atoms with Crippen LogP contribution in [0.15, 0.2) is 308 Å². The van der Waals surface area contributed by atoms with Crippen LogP contribution in [-0.2, 0) is 10.8 Å². The fourth-order valence-electron chi connectivity index (χ4n) is 15.4. The first-order valence-corrected chi connectivity index (χ1v) is 28.8. The van der Waals surface area contributed by atoms with E-state index in [9.17, 15) is 0 Å². The number of anilines is 6. The predicted molar refractivity (Wildman–Crippen MR) is 341 cm³/mol. The molecule has 4 aliphatic rings. The third-order valence-corrected chi connectivity index (χ3v) is 18.7. The molecule has 0 N–H and O–H groups in total. The summed E-state index contributed by atoms with van der Waals surface area (Å²) >= 11 is 0. The van der Waals surface area contributed by atoms with Gasteiger partial charge in [-0.05, 0) is 162 Å². The van der Waals surface area contributed by atoms with E-state index in [0.29, 0.717) is 0 Å². The standard InChI is InChI=1S/C80H50N2O/c1-4-20-52(21-5-1)59-45-46-66-64-43-38-53(48-72(64)79(54-22-6-2-7-23-54)71-33-17-18-34-74(71)82(78(59)77(66)79)55-24-8-3-9-25-55)51-36-39-56(40-37-51)81(57-42-47-76-67(49-57)65-29-13-19-35-75(65)83-76)58-41-44-63-62-28-12-16-32-70(62)80(73(63)50-58)68-30-14-10-26-60(68)61-27-11-15-31-69(61)80/h1-50H. The molecule has 1 aliphatic heterocycles. The van der Waals surface area contributed by atoms with E-state index in [-0.39, 0.29) is 0 Å². The van der Waals surface area contributed by atoms with Crippen LogP contribution in [0.4, 0.5) is 34.1 Å². The molecular formula is C80H50N2O. The first-order valence-electron chi connectivity index (χ1n) is 28.8. The first-order chi connectivity index (χ1) is 41.2. The third-order valence-electron chi connectivity index (χ3n) is 18.7. The predicted octanol–water partition coefficient (Wildman–Crippen LogP) is 20.9. The average molecular weight is 1060 g/mol. The van der Waals surface area contributed by atoms with E-state index in [2.05, 4.69) is 307 Å². The second-order valence-electron chi connectivity index (χ2n) is 22.6. The van der Waals surface area contributed by atoms with Crippen LogP contribution in [0, 0.1) is 0 Å². The molecule has 0 amide bonds. The van der Waals surface area contributed by atoms with Crippen molar-refractivity contribution in [2.45, 2.75) is 10.8 Å². The molecule has 0 saturated carbocycles. The summed E-state index contributed by atoms with van der Waals surface area (Å²) in [5.41, 5.74) is 30.2. The van der Waals surface area contributed by atoms with E-state index in [1.807, 2.05) is 6.07 Å². The minimum atomic E-state index is -0.624. The van der Waals surface area contributed by atoms with Crippen LogP contribution < -0.4 is 9.80 Å². The molecule has 2 heterocycles. The molecule has 0 saturated heterocycles. The van der Waals surface area contributed by atoms with Crippen LogP contribution in [0.5, 0.6) is 0 Å². The van der Waals surface area contributed by atoms with Crippen molar-refractivity contribution in [3.05, 3.63) is 348 Å². The fourth-order valence-corrected chi connectivity index (χ4v) is 15.4. The molecule has 3 nitrogen and oxygen atoms in total. The van der Waals surface area contributed by atoms with Crippen LogP contribution in [0.25, 0.3) is 77.6 Å². The molecule has 1 unspecified atom stereocenters. The molecule has 13 aromatic carbocycles. The van der Waals surface area contributed by atoms with Gasteiger partial charge in [0.15, 0.2) is 0 Å². The van der Waals surface area contributed by atoms with Gasteiger partial charge in [-0.25, -0.2) is 0 Å². The van der Waals surface area contributed by atoms with Gasteiger partial charge in [0.05, 0.1) is 22.2 Å². The smallest absolute Gasteiger partial charge is 0.135 e. The molecule has 14 aromatic rings. The number of fused-ring (bicyclic) bond motifs is 18. The molecular weight excluding hydrogens is 1000 g/mol. The van der Waals surface area contributed by atoms with Gasteiger partial charge in [0.1, 0.15) is 11.2 Å². The van der Waals surface area contributed by atoms with Gasteiger partial charge in [0, 0.05) is 44.6 Å². The van der Waals surface area contributed by atoms with Crippen LogP contribution in [-0.4, -0.2) is 0 Å².